The van der Waals surface area contributed by atoms with Gasteiger partial charge in [-0.15, -0.1) is 0 Å². The molecule has 0 aliphatic heterocycles. The summed E-state index contributed by atoms with van der Waals surface area (Å²) in [7, 11) is 1.86. The van der Waals surface area contributed by atoms with Gasteiger partial charge in [-0.1, -0.05) is 5.16 Å². The maximum atomic E-state index is 13.2. The first-order chi connectivity index (χ1) is 8.19. The predicted octanol–water partition coefficient (Wildman–Crippen LogP) is 1.95. The first-order valence-electron chi connectivity index (χ1n) is 5.44. The first kappa shape index (κ1) is 11.7. The normalized spacial score (nSPS) is 10.8. The molecule has 90 valence electrons. The van der Waals surface area contributed by atoms with E-state index in [1.54, 1.807) is 0 Å². The highest BCUT2D eigenvalue weighted by Crippen LogP contribution is 2.20. The Morgan fingerprint density at radius 1 is 1.35 bits per heavy atom. The number of nitrogens with one attached hydrogen (secondary N) is 1. The van der Waals surface area contributed by atoms with Crippen LogP contribution < -0.4 is 5.32 Å². The van der Waals surface area contributed by atoms with E-state index in [9.17, 15) is 4.39 Å². The zero-order valence-electron chi connectivity index (χ0n) is 9.83. The standard InChI is InChI=1S/C12H14FN3O/c1-8-5-9(7-10(13)6-8)12-15-11(16-17-12)3-4-14-2/h5-7,14H,3-4H2,1-2H3. The summed E-state index contributed by atoms with van der Waals surface area (Å²) in [5.41, 5.74) is 1.45. The van der Waals surface area contributed by atoms with E-state index in [0.29, 0.717) is 23.7 Å². The third-order valence-corrected chi connectivity index (χ3v) is 2.36. The van der Waals surface area contributed by atoms with Gasteiger partial charge in [0.2, 0.25) is 0 Å². The van der Waals surface area contributed by atoms with Gasteiger partial charge in [0.25, 0.3) is 5.89 Å². The number of benzene rings is 1. The van der Waals surface area contributed by atoms with Crippen molar-refractivity contribution in [3.8, 4) is 11.5 Å². The van der Waals surface area contributed by atoms with Crippen LogP contribution in [0.4, 0.5) is 4.39 Å². The van der Waals surface area contributed by atoms with E-state index < -0.39 is 0 Å². The third kappa shape index (κ3) is 2.88. The van der Waals surface area contributed by atoms with Crippen molar-refractivity contribution in [1.82, 2.24) is 15.5 Å². The molecule has 0 atom stereocenters. The van der Waals surface area contributed by atoms with Crippen molar-refractivity contribution < 1.29 is 8.91 Å². The van der Waals surface area contributed by atoms with E-state index in [1.165, 1.54) is 12.1 Å². The molecule has 1 heterocycles. The molecule has 4 nitrogen and oxygen atoms in total. The zero-order chi connectivity index (χ0) is 12.3. The molecule has 0 aliphatic carbocycles. The molecule has 0 saturated heterocycles. The molecule has 17 heavy (non-hydrogen) atoms. The molecular weight excluding hydrogens is 221 g/mol. The van der Waals surface area contributed by atoms with E-state index in [2.05, 4.69) is 15.5 Å². The van der Waals surface area contributed by atoms with E-state index in [-0.39, 0.29) is 5.82 Å². The molecule has 1 aromatic heterocycles. The number of aryl methyl sites for hydroxylation is 1. The number of halogens is 1. The minimum atomic E-state index is -0.296. The fourth-order valence-electron chi connectivity index (χ4n) is 1.57. The molecule has 1 aromatic carbocycles. The summed E-state index contributed by atoms with van der Waals surface area (Å²) >= 11 is 0. The van der Waals surface area contributed by atoms with Gasteiger partial charge >= 0.3 is 0 Å². The Hall–Kier alpha value is -1.75. The molecule has 0 bridgehead atoms. The van der Waals surface area contributed by atoms with E-state index in [0.717, 1.165) is 12.1 Å². The fraction of sp³-hybridized carbons (Fsp3) is 0.333. The van der Waals surface area contributed by atoms with Crippen LogP contribution in [0, 0.1) is 12.7 Å². The molecule has 2 aromatic rings. The lowest BCUT2D eigenvalue weighted by molar-refractivity contribution is 0.421. The quantitative estimate of drug-likeness (QED) is 0.880. The van der Waals surface area contributed by atoms with Crippen LogP contribution >= 0.6 is 0 Å². The highest BCUT2D eigenvalue weighted by Gasteiger charge is 2.09. The van der Waals surface area contributed by atoms with Crippen molar-refractivity contribution >= 4 is 0 Å². The van der Waals surface area contributed by atoms with Gasteiger partial charge in [0, 0.05) is 18.5 Å². The monoisotopic (exact) mass is 235 g/mol. The van der Waals surface area contributed by atoms with Crippen LogP contribution in [-0.4, -0.2) is 23.7 Å². The largest absolute Gasteiger partial charge is 0.334 e. The summed E-state index contributed by atoms with van der Waals surface area (Å²) in [6.07, 6.45) is 0.689. The lowest BCUT2D eigenvalue weighted by atomic mass is 10.1. The fourth-order valence-corrected chi connectivity index (χ4v) is 1.57. The topological polar surface area (TPSA) is 51.0 Å². The average molecular weight is 235 g/mol. The summed E-state index contributed by atoms with van der Waals surface area (Å²) in [6.45, 7) is 2.60. The van der Waals surface area contributed by atoms with Gasteiger partial charge in [-0.05, 0) is 37.7 Å². The average Bonchev–Trinajstić information content (AvgIpc) is 2.73. The van der Waals surface area contributed by atoms with Gasteiger partial charge in [-0.3, -0.25) is 0 Å². The van der Waals surface area contributed by atoms with Crippen LogP contribution in [0.2, 0.25) is 0 Å². The highest BCUT2D eigenvalue weighted by atomic mass is 19.1. The Bertz CT molecular complexity index is 490. The molecule has 5 heteroatoms. The number of rotatable bonds is 4. The van der Waals surface area contributed by atoms with Crippen molar-refractivity contribution in [3.05, 3.63) is 35.4 Å². The Morgan fingerprint density at radius 3 is 2.88 bits per heavy atom. The first-order valence-corrected chi connectivity index (χ1v) is 5.44. The maximum absolute atomic E-state index is 13.2. The second-order valence-electron chi connectivity index (χ2n) is 3.89. The lowest BCUT2D eigenvalue weighted by Gasteiger charge is -1.97. The van der Waals surface area contributed by atoms with E-state index in [1.807, 2.05) is 20.0 Å². The lowest BCUT2D eigenvalue weighted by Crippen LogP contribution is -2.10. The number of aromatic nitrogens is 2. The molecule has 0 fully saturated rings. The van der Waals surface area contributed by atoms with Gasteiger partial charge in [0.05, 0.1) is 0 Å². The Kier molecular flexibility index (Phi) is 3.49. The molecule has 0 saturated carbocycles. The van der Waals surface area contributed by atoms with Gasteiger partial charge in [0.15, 0.2) is 5.82 Å². The molecule has 2 rings (SSSR count). The molecule has 0 radical (unpaired) electrons. The number of nitrogens with zero attached hydrogens (tertiary/aromatic N) is 2. The van der Waals surface area contributed by atoms with Crippen LogP contribution in [0.3, 0.4) is 0 Å². The van der Waals surface area contributed by atoms with Crippen molar-refractivity contribution in [1.29, 1.82) is 0 Å². The van der Waals surface area contributed by atoms with Crippen LogP contribution in [-0.2, 0) is 6.42 Å². The second kappa shape index (κ2) is 5.05. The van der Waals surface area contributed by atoms with Gasteiger partial charge in [0.1, 0.15) is 5.82 Å². The maximum Gasteiger partial charge on any atom is 0.258 e. The Labute approximate surface area is 98.8 Å². The van der Waals surface area contributed by atoms with Crippen molar-refractivity contribution in [2.24, 2.45) is 0 Å². The minimum absolute atomic E-state index is 0.296. The molecular formula is C12H14FN3O. The zero-order valence-corrected chi connectivity index (χ0v) is 9.83. The minimum Gasteiger partial charge on any atom is -0.334 e. The second-order valence-corrected chi connectivity index (χ2v) is 3.89. The van der Waals surface area contributed by atoms with Crippen LogP contribution in [0.5, 0.6) is 0 Å². The SMILES string of the molecule is CNCCc1noc(-c2cc(C)cc(F)c2)n1. The van der Waals surface area contributed by atoms with Crippen molar-refractivity contribution in [2.75, 3.05) is 13.6 Å². The van der Waals surface area contributed by atoms with Crippen LogP contribution in [0.15, 0.2) is 22.7 Å². The number of hydrogen-bond donors (Lipinski definition) is 1. The molecule has 0 amide bonds. The van der Waals surface area contributed by atoms with E-state index in [4.69, 9.17) is 4.52 Å². The van der Waals surface area contributed by atoms with Crippen molar-refractivity contribution in [2.45, 2.75) is 13.3 Å². The summed E-state index contributed by atoms with van der Waals surface area (Å²) in [6, 6.07) is 4.67. The molecule has 0 spiro atoms. The molecule has 1 N–H and O–H groups in total. The summed E-state index contributed by atoms with van der Waals surface area (Å²) in [4.78, 5) is 4.22. The van der Waals surface area contributed by atoms with Gasteiger partial charge in [-0.2, -0.15) is 4.98 Å². The third-order valence-electron chi connectivity index (χ3n) is 2.36. The van der Waals surface area contributed by atoms with Gasteiger partial charge < -0.3 is 9.84 Å². The smallest absolute Gasteiger partial charge is 0.258 e. The van der Waals surface area contributed by atoms with E-state index >= 15 is 0 Å². The number of hydrogen-bond acceptors (Lipinski definition) is 4. The van der Waals surface area contributed by atoms with Crippen LogP contribution in [0.1, 0.15) is 11.4 Å². The predicted molar refractivity (Wildman–Crippen MR) is 62.1 cm³/mol. The van der Waals surface area contributed by atoms with Gasteiger partial charge in [-0.25, -0.2) is 4.39 Å². The number of likely N-dealkylation sites (N-methyl/N-ethyl adjacent to an activating group) is 1. The summed E-state index contributed by atoms with van der Waals surface area (Å²) in [5, 5.41) is 6.84. The van der Waals surface area contributed by atoms with Crippen LogP contribution in [0.25, 0.3) is 11.5 Å². The molecule has 0 unspecified atom stereocenters. The van der Waals surface area contributed by atoms with Crippen molar-refractivity contribution in [3.63, 3.8) is 0 Å². The molecule has 0 aliphatic rings. The Morgan fingerprint density at radius 2 is 2.18 bits per heavy atom. The summed E-state index contributed by atoms with van der Waals surface area (Å²) in [5.74, 6) is 0.685. The summed E-state index contributed by atoms with van der Waals surface area (Å²) < 4.78 is 18.3. The Balaban J connectivity index is 2.24. The highest BCUT2D eigenvalue weighted by molar-refractivity contribution is 5.54.